The molecule has 0 unspecified atom stereocenters. The molecule has 0 bridgehead atoms. The van der Waals surface area contributed by atoms with Crippen molar-refractivity contribution in [3.05, 3.63) is 75.7 Å². The van der Waals surface area contributed by atoms with E-state index in [4.69, 9.17) is 16.0 Å². The van der Waals surface area contributed by atoms with Crippen LogP contribution in [0, 0.1) is 21.7 Å². The van der Waals surface area contributed by atoms with E-state index in [2.05, 4.69) is 10.2 Å². The lowest BCUT2D eigenvalue weighted by Gasteiger charge is -1.97. The summed E-state index contributed by atoms with van der Waals surface area (Å²) in [7, 11) is 0. The van der Waals surface area contributed by atoms with E-state index >= 15 is 0 Å². The van der Waals surface area contributed by atoms with Gasteiger partial charge in [-0.15, -0.1) is 10.2 Å². The predicted octanol–water partition coefficient (Wildman–Crippen LogP) is 4.66. The second-order valence-electron chi connectivity index (χ2n) is 4.88. The Morgan fingerprint density at radius 2 is 1.84 bits per heavy atom. The molecule has 0 aliphatic rings. The molecule has 3 aromatic rings. The molecule has 3 rings (SSSR count). The van der Waals surface area contributed by atoms with Crippen LogP contribution in [0.5, 0.6) is 0 Å². The van der Waals surface area contributed by atoms with Crippen LogP contribution in [-0.4, -0.2) is 15.1 Å². The Kier molecular flexibility index (Phi) is 4.53. The fourth-order valence-corrected chi connectivity index (χ4v) is 2.17. The molecule has 0 aliphatic carbocycles. The Morgan fingerprint density at radius 3 is 2.48 bits per heavy atom. The van der Waals surface area contributed by atoms with E-state index in [1.54, 1.807) is 0 Å². The highest BCUT2D eigenvalue weighted by Gasteiger charge is 2.13. The van der Waals surface area contributed by atoms with Crippen molar-refractivity contribution in [3.63, 3.8) is 0 Å². The zero-order valence-corrected chi connectivity index (χ0v) is 13.1. The lowest BCUT2D eigenvalue weighted by atomic mass is 10.2. The molecule has 0 saturated heterocycles. The number of halogens is 3. The molecule has 0 atom stereocenters. The van der Waals surface area contributed by atoms with E-state index in [-0.39, 0.29) is 22.5 Å². The maximum atomic E-state index is 13.2. The van der Waals surface area contributed by atoms with Crippen LogP contribution in [0.2, 0.25) is 0 Å². The van der Waals surface area contributed by atoms with E-state index < -0.39 is 16.6 Å². The number of aromatic nitrogens is 2. The van der Waals surface area contributed by atoms with Gasteiger partial charge in [0.15, 0.2) is 11.6 Å². The predicted molar refractivity (Wildman–Crippen MR) is 86.5 cm³/mol. The van der Waals surface area contributed by atoms with Crippen LogP contribution in [0.3, 0.4) is 0 Å². The van der Waals surface area contributed by atoms with Gasteiger partial charge in [-0.05, 0) is 35.9 Å². The molecule has 9 heteroatoms. The fraction of sp³-hybridized carbons (Fsp3) is 0. The van der Waals surface area contributed by atoms with Gasteiger partial charge in [0.25, 0.3) is 11.6 Å². The van der Waals surface area contributed by atoms with Crippen LogP contribution in [0.25, 0.3) is 22.6 Å². The van der Waals surface area contributed by atoms with Crippen molar-refractivity contribution < 1.29 is 18.1 Å². The Hall–Kier alpha value is -3.13. The van der Waals surface area contributed by atoms with E-state index in [0.717, 1.165) is 12.1 Å². The molecule has 1 aromatic heterocycles. The number of nitro benzene ring substituents is 1. The molecule has 0 radical (unpaired) electrons. The minimum Gasteiger partial charge on any atom is -0.415 e. The highest BCUT2D eigenvalue weighted by molar-refractivity contribution is 6.50. The zero-order chi connectivity index (χ0) is 18.0. The van der Waals surface area contributed by atoms with E-state index in [1.165, 1.54) is 36.4 Å². The lowest BCUT2D eigenvalue weighted by molar-refractivity contribution is -0.384. The summed E-state index contributed by atoms with van der Waals surface area (Å²) in [4.78, 5) is 10.1. The maximum absolute atomic E-state index is 13.2. The quantitative estimate of drug-likeness (QED) is 0.497. The second kappa shape index (κ2) is 6.78. The number of rotatable bonds is 4. The van der Waals surface area contributed by atoms with Gasteiger partial charge in [0.1, 0.15) is 5.03 Å². The lowest BCUT2D eigenvalue weighted by Crippen LogP contribution is -1.87. The minimum atomic E-state index is -1.00. The molecule has 0 spiro atoms. The van der Waals surface area contributed by atoms with E-state index in [1.807, 2.05) is 0 Å². The van der Waals surface area contributed by atoms with Crippen LogP contribution in [0.4, 0.5) is 14.5 Å². The monoisotopic (exact) mass is 363 g/mol. The first-order valence-electron chi connectivity index (χ1n) is 6.85. The Bertz CT molecular complexity index is 971. The number of nitrogens with zero attached hydrogens (tertiary/aromatic N) is 3. The van der Waals surface area contributed by atoms with Gasteiger partial charge in [0.05, 0.1) is 4.92 Å². The summed E-state index contributed by atoms with van der Waals surface area (Å²) in [5, 5.41) is 18.3. The highest BCUT2D eigenvalue weighted by Crippen LogP contribution is 2.26. The molecular formula is C16H8ClF2N3O3. The molecule has 126 valence electrons. The third-order valence-corrected chi connectivity index (χ3v) is 3.46. The molecule has 0 N–H and O–H groups in total. The average molecular weight is 364 g/mol. The summed E-state index contributed by atoms with van der Waals surface area (Å²) in [5.41, 5.74) is 0.723. The highest BCUT2D eigenvalue weighted by atomic mass is 35.5. The number of non-ortho nitro benzene ring substituents is 1. The van der Waals surface area contributed by atoms with Gasteiger partial charge in [-0.3, -0.25) is 10.1 Å². The zero-order valence-electron chi connectivity index (χ0n) is 12.3. The normalized spacial score (nSPS) is 11.6. The van der Waals surface area contributed by atoms with Gasteiger partial charge in [-0.1, -0.05) is 17.7 Å². The molecule has 0 fully saturated rings. The summed E-state index contributed by atoms with van der Waals surface area (Å²) < 4.78 is 31.5. The van der Waals surface area contributed by atoms with Crippen molar-refractivity contribution in [3.8, 4) is 11.5 Å². The Morgan fingerprint density at radius 1 is 1.12 bits per heavy atom. The van der Waals surface area contributed by atoms with Crippen LogP contribution in [-0.2, 0) is 0 Å². The van der Waals surface area contributed by atoms with Crippen molar-refractivity contribution in [2.45, 2.75) is 0 Å². The van der Waals surface area contributed by atoms with Crippen LogP contribution >= 0.6 is 11.6 Å². The van der Waals surface area contributed by atoms with Crippen molar-refractivity contribution in [2.75, 3.05) is 0 Å². The number of nitro groups is 1. The third-order valence-electron chi connectivity index (χ3n) is 3.19. The first kappa shape index (κ1) is 16.7. The largest absolute Gasteiger partial charge is 0.415 e. The topological polar surface area (TPSA) is 82.1 Å². The molecule has 25 heavy (non-hydrogen) atoms. The van der Waals surface area contributed by atoms with Gasteiger partial charge >= 0.3 is 0 Å². The van der Waals surface area contributed by atoms with Crippen molar-refractivity contribution >= 4 is 28.4 Å². The smallest absolute Gasteiger partial charge is 0.269 e. The van der Waals surface area contributed by atoms with E-state index in [0.29, 0.717) is 11.1 Å². The van der Waals surface area contributed by atoms with Gasteiger partial charge in [-0.25, -0.2) is 8.78 Å². The number of benzene rings is 2. The molecule has 0 amide bonds. The summed E-state index contributed by atoms with van der Waals surface area (Å²) in [5.74, 6) is -1.89. The third kappa shape index (κ3) is 3.69. The maximum Gasteiger partial charge on any atom is 0.269 e. The molecule has 6 nitrogen and oxygen atoms in total. The summed E-state index contributed by atoms with van der Waals surface area (Å²) >= 11 is 6.06. The second-order valence-corrected chi connectivity index (χ2v) is 5.29. The van der Waals surface area contributed by atoms with Gasteiger partial charge in [0.2, 0.25) is 5.89 Å². The molecular weight excluding hydrogens is 356 g/mol. The van der Waals surface area contributed by atoms with Crippen LogP contribution in [0.15, 0.2) is 46.9 Å². The SMILES string of the molecule is O=[N+]([O-])c1ccc(-c2nnc(/C(Cl)=C/c3ccc(F)c(F)c3)o2)cc1. The minimum absolute atomic E-state index is 0.0280. The van der Waals surface area contributed by atoms with Crippen molar-refractivity contribution in [1.29, 1.82) is 0 Å². The standard InChI is InChI=1S/C16H8ClF2N3O3/c17-12(7-9-1-6-13(18)14(19)8-9)16-21-20-15(25-16)10-2-4-11(5-3-10)22(23)24/h1-8H/b12-7-. The molecule has 1 heterocycles. The first-order chi connectivity index (χ1) is 11.9. The summed E-state index contributed by atoms with van der Waals surface area (Å²) in [6.45, 7) is 0. The number of hydrogen-bond donors (Lipinski definition) is 0. The van der Waals surface area contributed by atoms with Gasteiger partial charge in [0, 0.05) is 17.7 Å². The molecule has 2 aromatic carbocycles. The molecule has 0 saturated carbocycles. The fourth-order valence-electron chi connectivity index (χ4n) is 1.97. The Balaban J connectivity index is 1.85. The summed E-state index contributed by atoms with van der Waals surface area (Å²) in [6, 6.07) is 8.82. The Labute approximate surface area is 144 Å². The first-order valence-corrected chi connectivity index (χ1v) is 7.23. The van der Waals surface area contributed by atoms with Gasteiger partial charge in [-0.2, -0.15) is 0 Å². The number of hydrogen-bond acceptors (Lipinski definition) is 5. The van der Waals surface area contributed by atoms with Crippen molar-refractivity contribution in [2.24, 2.45) is 0 Å². The van der Waals surface area contributed by atoms with Crippen molar-refractivity contribution in [1.82, 2.24) is 10.2 Å². The summed E-state index contributed by atoms with van der Waals surface area (Å²) in [6.07, 6.45) is 1.34. The average Bonchev–Trinajstić information content (AvgIpc) is 3.08. The molecule has 0 aliphatic heterocycles. The van der Waals surface area contributed by atoms with E-state index in [9.17, 15) is 18.9 Å². The van der Waals surface area contributed by atoms with Gasteiger partial charge < -0.3 is 4.42 Å². The van der Waals surface area contributed by atoms with Crippen LogP contribution < -0.4 is 0 Å². The van der Waals surface area contributed by atoms with Crippen LogP contribution in [0.1, 0.15) is 11.5 Å².